The van der Waals surface area contributed by atoms with Crippen LogP contribution in [-0.2, 0) is 20.7 Å². The maximum Gasteiger partial charge on any atom is 0.411 e. The number of anilines is 2. The molecule has 1 atom stereocenters. The molecule has 0 spiro atoms. The standard InChI is InChI=1S/C27H24ClN7O4/c1-39-27(38)31-22-11-9-21(10-12-22)30-26(37)23(15-18-5-3-2-4-6-18)32-25(36)14-7-19-16-20(28)8-13-24(19)35-17-29-33-34-35/h2-14,16-17,23H,15H2,1H3,(H,30,37)(H,31,38)(H,32,36)/t23-/m0/s1. The lowest BCUT2D eigenvalue weighted by Gasteiger charge is -2.18. The summed E-state index contributed by atoms with van der Waals surface area (Å²) in [6.07, 6.45) is 3.98. The van der Waals surface area contributed by atoms with Gasteiger partial charge >= 0.3 is 6.09 Å². The Kier molecular flexibility index (Phi) is 8.99. The van der Waals surface area contributed by atoms with Gasteiger partial charge in [0, 0.05) is 34.5 Å². The fraction of sp³-hybridized carbons (Fsp3) is 0.111. The molecule has 0 aliphatic carbocycles. The highest BCUT2D eigenvalue weighted by Gasteiger charge is 2.21. The summed E-state index contributed by atoms with van der Waals surface area (Å²) in [7, 11) is 1.27. The molecule has 0 aliphatic rings. The van der Waals surface area contributed by atoms with Gasteiger partial charge in [-0.25, -0.2) is 4.79 Å². The van der Waals surface area contributed by atoms with Gasteiger partial charge in [0.05, 0.1) is 12.8 Å². The Hall–Kier alpha value is -5.03. The molecule has 4 aromatic rings. The maximum absolute atomic E-state index is 13.2. The van der Waals surface area contributed by atoms with E-state index in [1.807, 2.05) is 30.3 Å². The van der Waals surface area contributed by atoms with Crippen molar-refractivity contribution < 1.29 is 19.1 Å². The number of nitrogens with one attached hydrogen (secondary N) is 3. The largest absolute Gasteiger partial charge is 0.453 e. The van der Waals surface area contributed by atoms with Crippen LogP contribution < -0.4 is 16.0 Å². The first kappa shape index (κ1) is 27.0. The van der Waals surface area contributed by atoms with Gasteiger partial charge in [0.25, 0.3) is 0 Å². The van der Waals surface area contributed by atoms with Crippen molar-refractivity contribution in [3.63, 3.8) is 0 Å². The van der Waals surface area contributed by atoms with E-state index in [2.05, 4.69) is 36.2 Å². The molecule has 3 aromatic carbocycles. The Labute approximate surface area is 228 Å². The smallest absolute Gasteiger partial charge is 0.411 e. The number of ether oxygens (including phenoxy) is 1. The molecule has 1 aromatic heterocycles. The zero-order valence-corrected chi connectivity index (χ0v) is 21.5. The van der Waals surface area contributed by atoms with Crippen LogP contribution in [0, 0.1) is 0 Å². The number of benzene rings is 3. The second-order valence-electron chi connectivity index (χ2n) is 8.22. The fourth-order valence-corrected chi connectivity index (χ4v) is 3.80. The fourth-order valence-electron chi connectivity index (χ4n) is 3.62. The normalized spacial score (nSPS) is 11.5. The zero-order chi connectivity index (χ0) is 27.6. The van der Waals surface area contributed by atoms with E-state index in [0.29, 0.717) is 27.6 Å². The molecule has 3 amide bonds. The van der Waals surface area contributed by atoms with E-state index in [9.17, 15) is 14.4 Å². The summed E-state index contributed by atoms with van der Waals surface area (Å²) in [5, 5.41) is 19.8. The first-order chi connectivity index (χ1) is 18.9. The van der Waals surface area contributed by atoms with Crippen molar-refractivity contribution in [2.24, 2.45) is 0 Å². The van der Waals surface area contributed by atoms with Gasteiger partial charge in [-0.1, -0.05) is 41.9 Å². The summed E-state index contributed by atoms with van der Waals surface area (Å²) in [4.78, 5) is 37.5. The first-order valence-electron chi connectivity index (χ1n) is 11.7. The Bertz CT molecular complexity index is 1460. The van der Waals surface area contributed by atoms with E-state index < -0.39 is 23.9 Å². The van der Waals surface area contributed by atoms with Gasteiger partial charge in [0.1, 0.15) is 12.4 Å². The third-order valence-electron chi connectivity index (χ3n) is 5.50. The number of halogens is 1. The SMILES string of the molecule is COC(=O)Nc1ccc(NC(=O)[C@H](Cc2ccccc2)NC(=O)C=Cc2cc(Cl)ccc2-n2cnnn2)cc1. The molecule has 11 nitrogen and oxygen atoms in total. The molecule has 0 aliphatic heterocycles. The number of hydrogen-bond donors (Lipinski definition) is 3. The van der Waals surface area contributed by atoms with Crippen molar-refractivity contribution in [3.8, 4) is 5.69 Å². The lowest BCUT2D eigenvalue weighted by molar-refractivity contribution is -0.123. The number of carbonyl (C=O) groups excluding carboxylic acids is 3. The van der Waals surface area contributed by atoms with E-state index in [0.717, 1.165) is 5.56 Å². The summed E-state index contributed by atoms with van der Waals surface area (Å²) in [5.74, 6) is -0.891. The molecule has 0 unspecified atom stereocenters. The third kappa shape index (κ3) is 7.73. The van der Waals surface area contributed by atoms with E-state index in [1.54, 1.807) is 48.5 Å². The summed E-state index contributed by atoms with van der Waals surface area (Å²) >= 11 is 6.15. The topological polar surface area (TPSA) is 140 Å². The van der Waals surface area contributed by atoms with Crippen LogP contribution in [0.15, 0.2) is 85.2 Å². The zero-order valence-electron chi connectivity index (χ0n) is 20.7. The Morgan fingerprint density at radius 3 is 2.38 bits per heavy atom. The summed E-state index contributed by atoms with van der Waals surface area (Å²) in [5.41, 5.74) is 3.09. The number of aromatic nitrogens is 4. The van der Waals surface area contributed by atoms with Crippen LogP contribution in [0.25, 0.3) is 11.8 Å². The van der Waals surface area contributed by atoms with Crippen LogP contribution >= 0.6 is 11.6 Å². The highest BCUT2D eigenvalue weighted by Crippen LogP contribution is 2.20. The van der Waals surface area contributed by atoms with Crippen LogP contribution in [-0.4, -0.2) is 51.3 Å². The van der Waals surface area contributed by atoms with E-state index >= 15 is 0 Å². The van der Waals surface area contributed by atoms with Gasteiger partial charge < -0.3 is 15.4 Å². The minimum Gasteiger partial charge on any atom is -0.453 e. The Morgan fingerprint density at radius 2 is 1.72 bits per heavy atom. The van der Waals surface area contributed by atoms with Crippen molar-refractivity contribution >= 4 is 47.0 Å². The Morgan fingerprint density at radius 1 is 1.00 bits per heavy atom. The number of hydrogen-bond acceptors (Lipinski definition) is 7. The third-order valence-corrected chi connectivity index (χ3v) is 5.73. The summed E-state index contributed by atoms with van der Waals surface area (Å²) < 4.78 is 6.02. The highest BCUT2D eigenvalue weighted by atomic mass is 35.5. The number of methoxy groups -OCH3 is 1. The van der Waals surface area contributed by atoms with E-state index in [-0.39, 0.29) is 6.42 Å². The van der Waals surface area contributed by atoms with Gasteiger partial charge in [-0.05, 0) is 64.5 Å². The molecule has 0 radical (unpaired) electrons. The second-order valence-corrected chi connectivity index (χ2v) is 8.66. The molecule has 1 heterocycles. The number of carbonyl (C=O) groups is 3. The van der Waals surface area contributed by atoms with E-state index in [1.165, 1.54) is 24.2 Å². The predicted molar refractivity (Wildman–Crippen MR) is 146 cm³/mol. The van der Waals surface area contributed by atoms with Crippen LogP contribution in [0.1, 0.15) is 11.1 Å². The molecule has 4 rings (SSSR count). The van der Waals surface area contributed by atoms with Crippen LogP contribution in [0.5, 0.6) is 0 Å². The van der Waals surface area contributed by atoms with Crippen LogP contribution in [0.4, 0.5) is 16.2 Å². The second kappa shape index (κ2) is 13.0. The highest BCUT2D eigenvalue weighted by molar-refractivity contribution is 6.30. The Balaban J connectivity index is 1.49. The van der Waals surface area contributed by atoms with Crippen molar-refractivity contribution in [2.45, 2.75) is 12.5 Å². The molecule has 39 heavy (non-hydrogen) atoms. The first-order valence-corrected chi connectivity index (χ1v) is 12.1. The van der Waals surface area contributed by atoms with Crippen molar-refractivity contribution in [1.29, 1.82) is 0 Å². The molecule has 198 valence electrons. The number of amides is 3. The van der Waals surface area contributed by atoms with Gasteiger partial charge in [-0.3, -0.25) is 14.9 Å². The lowest BCUT2D eigenvalue weighted by Crippen LogP contribution is -2.44. The van der Waals surface area contributed by atoms with Gasteiger partial charge in [0.15, 0.2) is 0 Å². The molecular formula is C27H24ClN7O4. The molecule has 0 saturated heterocycles. The van der Waals surface area contributed by atoms with Gasteiger partial charge in [0.2, 0.25) is 11.8 Å². The van der Waals surface area contributed by atoms with Crippen LogP contribution in [0.2, 0.25) is 5.02 Å². The number of rotatable bonds is 9. The molecular weight excluding hydrogens is 522 g/mol. The van der Waals surface area contributed by atoms with Crippen LogP contribution in [0.3, 0.4) is 0 Å². The minimum absolute atomic E-state index is 0.265. The van der Waals surface area contributed by atoms with Crippen molar-refractivity contribution in [2.75, 3.05) is 17.7 Å². The molecule has 0 fully saturated rings. The van der Waals surface area contributed by atoms with Crippen molar-refractivity contribution in [1.82, 2.24) is 25.5 Å². The quantitative estimate of drug-likeness (QED) is 0.271. The molecule has 3 N–H and O–H groups in total. The average Bonchev–Trinajstić information content (AvgIpc) is 3.48. The van der Waals surface area contributed by atoms with Gasteiger partial charge in [-0.15, -0.1) is 5.10 Å². The molecule has 0 saturated carbocycles. The maximum atomic E-state index is 13.2. The molecule has 12 heteroatoms. The monoisotopic (exact) mass is 545 g/mol. The molecule has 0 bridgehead atoms. The number of nitrogens with zero attached hydrogens (tertiary/aromatic N) is 4. The minimum atomic E-state index is -0.879. The summed E-state index contributed by atoms with van der Waals surface area (Å²) in [6, 6.07) is 20.1. The lowest BCUT2D eigenvalue weighted by atomic mass is 10.0. The predicted octanol–water partition coefficient (Wildman–Crippen LogP) is 3.87. The number of tetrazole rings is 1. The van der Waals surface area contributed by atoms with E-state index in [4.69, 9.17) is 11.6 Å². The van der Waals surface area contributed by atoms with Gasteiger partial charge in [-0.2, -0.15) is 4.68 Å². The summed E-state index contributed by atoms with van der Waals surface area (Å²) in [6.45, 7) is 0. The van der Waals surface area contributed by atoms with Crippen molar-refractivity contribution in [3.05, 3.63) is 101 Å². The average molecular weight is 546 g/mol.